The van der Waals surface area contributed by atoms with E-state index in [1.54, 1.807) is 5.38 Å². The van der Waals surface area contributed by atoms with Crippen LogP contribution in [0.1, 0.15) is 35.0 Å². The molecule has 2 aromatic rings. The number of hydrogen-bond acceptors (Lipinski definition) is 4. The normalized spacial score (nSPS) is 12.2. The van der Waals surface area contributed by atoms with E-state index in [1.165, 1.54) is 16.9 Å². The third kappa shape index (κ3) is 4.15. The van der Waals surface area contributed by atoms with Crippen molar-refractivity contribution in [2.45, 2.75) is 27.2 Å². The number of thiazole rings is 1. The number of amides is 1. The molecule has 0 saturated heterocycles. The summed E-state index contributed by atoms with van der Waals surface area (Å²) < 4.78 is 0. The van der Waals surface area contributed by atoms with E-state index in [-0.39, 0.29) is 18.4 Å². The van der Waals surface area contributed by atoms with E-state index >= 15 is 0 Å². The van der Waals surface area contributed by atoms with Gasteiger partial charge in [-0.25, -0.2) is 4.98 Å². The molecule has 2 rings (SSSR count). The van der Waals surface area contributed by atoms with Crippen molar-refractivity contribution in [3.63, 3.8) is 0 Å². The second-order valence-electron chi connectivity index (χ2n) is 5.68. The number of aliphatic hydroxyl groups is 1. The number of aryl methyl sites for hydroxylation is 2. The molecule has 1 aromatic carbocycles. The standard InChI is InChI=1S/C17H22N2O2S/c1-11-4-5-14(13(3)8-11)17-19-15(10-22-17)16(21)18-9-12(2)6-7-20/h4-5,8,10,12,20H,6-7,9H2,1-3H3,(H,18,21). The summed E-state index contributed by atoms with van der Waals surface area (Å²) >= 11 is 1.48. The van der Waals surface area contributed by atoms with Crippen LogP contribution in [0, 0.1) is 19.8 Å². The molecular weight excluding hydrogens is 296 g/mol. The smallest absolute Gasteiger partial charge is 0.270 e. The van der Waals surface area contributed by atoms with Crippen LogP contribution in [0.25, 0.3) is 10.6 Å². The van der Waals surface area contributed by atoms with Crippen LogP contribution in [0.5, 0.6) is 0 Å². The lowest BCUT2D eigenvalue weighted by Crippen LogP contribution is -2.28. The van der Waals surface area contributed by atoms with Crippen LogP contribution in [-0.2, 0) is 0 Å². The Balaban J connectivity index is 2.06. The maximum absolute atomic E-state index is 12.1. The Bertz CT molecular complexity index is 652. The van der Waals surface area contributed by atoms with Gasteiger partial charge in [0.15, 0.2) is 0 Å². The van der Waals surface area contributed by atoms with Crippen LogP contribution >= 0.6 is 11.3 Å². The molecule has 0 saturated carbocycles. The van der Waals surface area contributed by atoms with Crippen LogP contribution in [0.3, 0.4) is 0 Å². The maximum atomic E-state index is 12.1. The fourth-order valence-corrected chi connectivity index (χ4v) is 3.13. The highest BCUT2D eigenvalue weighted by molar-refractivity contribution is 7.13. The van der Waals surface area contributed by atoms with E-state index in [1.807, 2.05) is 6.92 Å². The molecule has 1 aromatic heterocycles. The van der Waals surface area contributed by atoms with Gasteiger partial charge in [0, 0.05) is 24.1 Å². The van der Waals surface area contributed by atoms with Gasteiger partial charge in [-0.15, -0.1) is 11.3 Å². The molecule has 0 spiro atoms. The number of aliphatic hydroxyl groups excluding tert-OH is 1. The molecule has 0 radical (unpaired) electrons. The van der Waals surface area contributed by atoms with Crippen molar-refractivity contribution in [2.24, 2.45) is 5.92 Å². The Morgan fingerprint density at radius 1 is 1.41 bits per heavy atom. The van der Waals surface area contributed by atoms with Crippen molar-refractivity contribution in [3.8, 4) is 10.6 Å². The minimum absolute atomic E-state index is 0.143. The predicted octanol–water partition coefficient (Wildman–Crippen LogP) is 3.18. The number of nitrogens with one attached hydrogen (secondary N) is 1. The molecule has 0 aliphatic heterocycles. The van der Waals surface area contributed by atoms with Crippen molar-refractivity contribution in [3.05, 3.63) is 40.4 Å². The molecule has 118 valence electrons. The number of rotatable bonds is 6. The molecule has 0 fully saturated rings. The Hall–Kier alpha value is -1.72. The number of benzene rings is 1. The van der Waals surface area contributed by atoms with Crippen molar-refractivity contribution in [1.29, 1.82) is 0 Å². The number of hydrogen-bond donors (Lipinski definition) is 2. The third-order valence-electron chi connectivity index (χ3n) is 3.58. The third-order valence-corrected chi connectivity index (χ3v) is 4.46. The largest absolute Gasteiger partial charge is 0.396 e. The number of aromatic nitrogens is 1. The van der Waals surface area contributed by atoms with E-state index < -0.39 is 0 Å². The molecular formula is C17H22N2O2S. The summed E-state index contributed by atoms with van der Waals surface area (Å²) in [7, 11) is 0. The van der Waals surface area contributed by atoms with Crippen molar-refractivity contribution in [1.82, 2.24) is 10.3 Å². The van der Waals surface area contributed by atoms with Crippen molar-refractivity contribution < 1.29 is 9.90 Å². The quantitative estimate of drug-likeness (QED) is 0.860. The lowest BCUT2D eigenvalue weighted by Gasteiger charge is -2.09. The van der Waals surface area contributed by atoms with E-state index in [0.717, 1.165) is 16.1 Å². The summed E-state index contributed by atoms with van der Waals surface area (Å²) in [5.74, 6) is 0.100. The second kappa shape index (κ2) is 7.51. The van der Waals surface area contributed by atoms with E-state index in [9.17, 15) is 4.79 Å². The van der Waals surface area contributed by atoms with Gasteiger partial charge in [0.25, 0.3) is 5.91 Å². The van der Waals surface area contributed by atoms with Crippen LogP contribution in [-0.4, -0.2) is 29.1 Å². The summed E-state index contributed by atoms with van der Waals surface area (Å²) in [6, 6.07) is 6.22. The zero-order valence-electron chi connectivity index (χ0n) is 13.2. The van der Waals surface area contributed by atoms with E-state index in [2.05, 4.69) is 42.3 Å². The molecule has 0 aliphatic rings. The van der Waals surface area contributed by atoms with Gasteiger partial charge in [-0.05, 0) is 31.7 Å². The van der Waals surface area contributed by atoms with Gasteiger partial charge < -0.3 is 10.4 Å². The lowest BCUT2D eigenvalue weighted by atomic mass is 10.1. The monoisotopic (exact) mass is 318 g/mol. The minimum Gasteiger partial charge on any atom is -0.396 e. The molecule has 1 amide bonds. The maximum Gasteiger partial charge on any atom is 0.270 e. The van der Waals surface area contributed by atoms with Gasteiger partial charge in [-0.1, -0.05) is 30.7 Å². The second-order valence-corrected chi connectivity index (χ2v) is 6.54. The SMILES string of the molecule is Cc1ccc(-c2nc(C(=O)NCC(C)CCO)cs2)c(C)c1. The molecule has 5 heteroatoms. The van der Waals surface area contributed by atoms with Gasteiger partial charge in [0.05, 0.1) is 0 Å². The van der Waals surface area contributed by atoms with Crippen LogP contribution < -0.4 is 5.32 Å². The highest BCUT2D eigenvalue weighted by Crippen LogP contribution is 2.27. The summed E-state index contributed by atoms with van der Waals surface area (Å²) in [5.41, 5.74) is 3.91. The average molecular weight is 318 g/mol. The summed E-state index contributed by atoms with van der Waals surface area (Å²) in [6.07, 6.45) is 0.686. The molecule has 1 heterocycles. The highest BCUT2D eigenvalue weighted by atomic mass is 32.1. The van der Waals surface area contributed by atoms with Crippen LogP contribution in [0.15, 0.2) is 23.6 Å². The van der Waals surface area contributed by atoms with Crippen molar-refractivity contribution in [2.75, 3.05) is 13.2 Å². The zero-order chi connectivity index (χ0) is 16.1. The fraction of sp³-hybridized carbons (Fsp3) is 0.412. The van der Waals surface area contributed by atoms with Gasteiger partial charge in [-0.3, -0.25) is 4.79 Å². The number of carbonyl (C=O) groups excluding carboxylic acids is 1. The fourth-order valence-electron chi connectivity index (χ4n) is 2.24. The zero-order valence-corrected chi connectivity index (χ0v) is 14.0. The lowest BCUT2D eigenvalue weighted by molar-refractivity contribution is 0.0941. The number of carbonyl (C=O) groups is 1. The first kappa shape index (κ1) is 16.6. The Morgan fingerprint density at radius 3 is 2.86 bits per heavy atom. The first-order valence-corrected chi connectivity index (χ1v) is 8.31. The Labute approximate surface area is 135 Å². The highest BCUT2D eigenvalue weighted by Gasteiger charge is 2.13. The molecule has 0 bridgehead atoms. The van der Waals surface area contributed by atoms with Gasteiger partial charge in [0.1, 0.15) is 10.7 Å². The predicted molar refractivity (Wildman–Crippen MR) is 90.2 cm³/mol. The molecule has 4 nitrogen and oxygen atoms in total. The number of nitrogens with zero attached hydrogens (tertiary/aromatic N) is 1. The summed E-state index contributed by atoms with van der Waals surface area (Å²) in [5, 5.41) is 14.4. The molecule has 1 unspecified atom stereocenters. The Morgan fingerprint density at radius 2 is 2.18 bits per heavy atom. The average Bonchev–Trinajstić information content (AvgIpc) is 2.94. The minimum atomic E-state index is -0.156. The van der Waals surface area contributed by atoms with Gasteiger partial charge in [0.2, 0.25) is 0 Å². The molecule has 0 aliphatic carbocycles. The summed E-state index contributed by atoms with van der Waals surface area (Å²) in [6.45, 7) is 6.81. The molecule has 22 heavy (non-hydrogen) atoms. The Kier molecular flexibility index (Phi) is 5.69. The molecule has 1 atom stereocenters. The van der Waals surface area contributed by atoms with Crippen LogP contribution in [0.4, 0.5) is 0 Å². The van der Waals surface area contributed by atoms with Gasteiger partial charge in [-0.2, -0.15) is 0 Å². The van der Waals surface area contributed by atoms with Crippen molar-refractivity contribution >= 4 is 17.2 Å². The van der Waals surface area contributed by atoms with E-state index in [4.69, 9.17) is 5.11 Å². The molecule has 2 N–H and O–H groups in total. The van der Waals surface area contributed by atoms with E-state index in [0.29, 0.717) is 18.7 Å². The topological polar surface area (TPSA) is 62.2 Å². The van der Waals surface area contributed by atoms with Gasteiger partial charge >= 0.3 is 0 Å². The van der Waals surface area contributed by atoms with Crippen LogP contribution in [0.2, 0.25) is 0 Å². The first-order valence-electron chi connectivity index (χ1n) is 7.43. The first-order chi connectivity index (χ1) is 10.5. The summed E-state index contributed by atoms with van der Waals surface area (Å²) in [4.78, 5) is 16.6.